The lowest BCUT2D eigenvalue weighted by molar-refractivity contribution is -0.120. The molecule has 0 bridgehead atoms. The Hall–Kier alpha value is -2.95. The SMILES string of the molecule is CC(C)(C)c1ccc(Cn2c(C3CC3)nc3ccc(NC(=O)C4CCCCC4)cc3c2=O)cc1. The van der Waals surface area contributed by atoms with Gasteiger partial charge in [0.2, 0.25) is 5.91 Å². The van der Waals surface area contributed by atoms with Crippen LogP contribution in [0.1, 0.15) is 88.6 Å². The van der Waals surface area contributed by atoms with Crippen LogP contribution in [0.5, 0.6) is 0 Å². The van der Waals surface area contributed by atoms with Crippen molar-refractivity contribution in [3.8, 4) is 0 Å². The van der Waals surface area contributed by atoms with Gasteiger partial charge in [0.15, 0.2) is 0 Å². The highest BCUT2D eigenvalue weighted by atomic mass is 16.2. The number of rotatable bonds is 5. The molecule has 2 aliphatic rings. The largest absolute Gasteiger partial charge is 0.326 e. The number of nitrogens with one attached hydrogen (secondary N) is 1. The molecule has 2 aliphatic carbocycles. The number of nitrogens with zero attached hydrogens (tertiary/aromatic N) is 2. The van der Waals surface area contributed by atoms with E-state index in [1.807, 2.05) is 16.7 Å². The van der Waals surface area contributed by atoms with Crippen molar-refractivity contribution < 1.29 is 4.79 Å². The highest BCUT2D eigenvalue weighted by molar-refractivity contribution is 5.94. The van der Waals surface area contributed by atoms with E-state index in [-0.39, 0.29) is 22.8 Å². The van der Waals surface area contributed by atoms with Crippen LogP contribution < -0.4 is 10.9 Å². The van der Waals surface area contributed by atoms with Crippen LogP contribution in [0, 0.1) is 5.92 Å². The lowest BCUT2D eigenvalue weighted by atomic mass is 9.87. The van der Waals surface area contributed by atoms with Crippen molar-refractivity contribution >= 4 is 22.5 Å². The fourth-order valence-electron chi connectivity index (χ4n) is 5.02. The monoisotopic (exact) mass is 457 g/mol. The summed E-state index contributed by atoms with van der Waals surface area (Å²) >= 11 is 0. The Morgan fingerprint density at radius 1 is 1.00 bits per heavy atom. The van der Waals surface area contributed by atoms with Gasteiger partial charge in [0, 0.05) is 17.5 Å². The number of carbonyl (C=O) groups is 1. The molecule has 1 aromatic heterocycles. The molecule has 5 rings (SSSR count). The van der Waals surface area contributed by atoms with Crippen molar-refractivity contribution in [3.63, 3.8) is 0 Å². The second-order valence-corrected chi connectivity index (χ2v) is 11.1. The van der Waals surface area contributed by atoms with Gasteiger partial charge in [-0.3, -0.25) is 14.2 Å². The predicted molar refractivity (Wildman–Crippen MR) is 137 cm³/mol. The second-order valence-electron chi connectivity index (χ2n) is 11.1. The first-order chi connectivity index (χ1) is 16.3. The Balaban J connectivity index is 1.46. The predicted octanol–water partition coefficient (Wildman–Crippen LogP) is 6.14. The zero-order valence-corrected chi connectivity index (χ0v) is 20.6. The Bertz CT molecular complexity index is 1260. The maximum Gasteiger partial charge on any atom is 0.261 e. The molecule has 5 nitrogen and oxygen atoms in total. The summed E-state index contributed by atoms with van der Waals surface area (Å²) in [6.45, 7) is 7.12. The first kappa shape index (κ1) is 22.8. The van der Waals surface area contributed by atoms with E-state index in [2.05, 4.69) is 50.4 Å². The summed E-state index contributed by atoms with van der Waals surface area (Å²) < 4.78 is 1.85. The summed E-state index contributed by atoms with van der Waals surface area (Å²) in [4.78, 5) is 31.3. The first-order valence-corrected chi connectivity index (χ1v) is 12.7. The van der Waals surface area contributed by atoms with Gasteiger partial charge in [0.1, 0.15) is 5.82 Å². The van der Waals surface area contributed by atoms with Crippen LogP contribution in [0.3, 0.4) is 0 Å². The summed E-state index contributed by atoms with van der Waals surface area (Å²) in [7, 11) is 0. The minimum absolute atomic E-state index is 0.0273. The number of fused-ring (bicyclic) bond motifs is 1. The summed E-state index contributed by atoms with van der Waals surface area (Å²) in [5, 5.41) is 3.62. The average Bonchev–Trinajstić information content (AvgIpc) is 3.67. The van der Waals surface area contributed by atoms with E-state index in [0.29, 0.717) is 29.1 Å². The molecule has 0 spiro atoms. The molecule has 0 atom stereocenters. The van der Waals surface area contributed by atoms with E-state index in [0.717, 1.165) is 49.9 Å². The highest BCUT2D eigenvalue weighted by Gasteiger charge is 2.29. The summed E-state index contributed by atoms with van der Waals surface area (Å²) in [6, 6.07) is 14.1. The smallest absolute Gasteiger partial charge is 0.261 e. The van der Waals surface area contributed by atoms with Gasteiger partial charge in [-0.25, -0.2) is 4.98 Å². The van der Waals surface area contributed by atoms with Gasteiger partial charge in [-0.15, -0.1) is 0 Å². The fraction of sp³-hybridized carbons (Fsp3) is 0.483. The topological polar surface area (TPSA) is 64.0 Å². The number of hydrogen-bond donors (Lipinski definition) is 1. The van der Waals surface area contributed by atoms with E-state index >= 15 is 0 Å². The van der Waals surface area contributed by atoms with Gasteiger partial charge in [-0.1, -0.05) is 64.3 Å². The number of benzene rings is 2. The molecule has 1 heterocycles. The Labute approximate surface area is 201 Å². The van der Waals surface area contributed by atoms with Crippen molar-refractivity contribution in [1.82, 2.24) is 9.55 Å². The molecule has 1 N–H and O–H groups in total. The molecule has 0 unspecified atom stereocenters. The van der Waals surface area contributed by atoms with E-state index < -0.39 is 0 Å². The van der Waals surface area contributed by atoms with Crippen LogP contribution in [0.4, 0.5) is 5.69 Å². The molecule has 0 radical (unpaired) electrons. The van der Waals surface area contributed by atoms with Crippen molar-refractivity contribution in [3.05, 3.63) is 69.8 Å². The van der Waals surface area contributed by atoms with Gasteiger partial charge in [-0.2, -0.15) is 0 Å². The zero-order valence-electron chi connectivity index (χ0n) is 20.6. The minimum Gasteiger partial charge on any atom is -0.326 e. The zero-order chi connectivity index (χ0) is 23.9. The standard InChI is InChI=1S/C29H35N3O2/c1-29(2,3)22-13-9-19(10-14-22)18-32-26(20-11-12-20)31-25-16-15-23(17-24(25)28(32)34)30-27(33)21-7-5-4-6-8-21/h9-10,13-17,20-21H,4-8,11-12,18H2,1-3H3,(H,30,33). The molecule has 34 heavy (non-hydrogen) atoms. The number of carbonyl (C=O) groups excluding carboxylic acids is 1. The molecule has 0 aliphatic heterocycles. The van der Waals surface area contributed by atoms with E-state index in [4.69, 9.17) is 4.98 Å². The summed E-state index contributed by atoms with van der Waals surface area (Å²) in [6.07, 6.45) is 7.51. The van der Waals surface area contributed by atoms with Crippen molar-refractivity contribution in [1.29, 1.82) is 0 Å². The number of amides is 1. The van der Waals surface area contributed by atoms with E-state index in [9.17, 15) is 9.59 Å². The Kier molecular flexibility index (Phi) is 6.05. The van der Waals surface area contributed by atoms with Crippen LogP contribution in [0.2, 0.25) is 0 Å². The van der Waals surface area contributed by atoms with Crippen LogP contribution in [0.25, 0.3) is 10.9 Å². The number of hydrogen-bond acceptors (Lipinski definition) is 3. The van der Waals surface area contributed by atoms with Crippen molar-refractivity contribution in [2.45, 2.75) is 83.6 Å². The minimum atomic E-state index is -0.0273. The highest BCUT2D eigenvalue weighted by Crippen LogP contribution is 2.39. The normalized spacial score (nSPS) is 17.1. The second kappa shape index (κ2) is 9.01. The maximum atomic E-state index is 13.7. The van der Waals surface area contributed by atoms with Crippen molar-refractivity contribution in [2.75, 3.05) is 5.32 Å². The molecular weight excluding hydrogens is 422 g/mol. The molecule has 0 saturated heterocycles. The number of anilines is 1. The fourth-order valence-corrected chi connectivity index (χ4v) is 5.02. The lowest BCUT2D eigenvalue weighted by Gasteiger charge is -2.21. The molecule has 178 valence electrons. The Morgan fingerprint density at radius 2 is 1.71 bits per heavy atom. The maximum absolute atomic E-state index is 13.7. The molecule has 3 aromatic rings. The molecule has 1 amide bonds. The van der Waals surface area contributed by atoms with Crippen LogP contribution in [-0.2, 0) is 16.8 Å². The molecule has 2 fully saturated rings. The van der Waals surface area contributed by atoms with Crippen LogP contribution in [-0.4, -0.2) is 15.5 Å². The van der Waals surface area contributed by atoms with Gasteiger partial charge in [0.25, 0.3) is 5.56 Å². The first-order valence-electron chi connectivity index (χ1n) is 12.7. The average molecular weight is 458 g/mol. The van der Waals surface area contributed by atoms with Crippen LogP contribution in [0.15, 0.2) is 47.3 Å². The Morgan fingerprint density at radius 3 is 2.35 bits per heavy atom. The van der Waals surface area contributed by atoms with Crippen molar-refractivity contribution in [2.24, 2.45) is 5.92 Å². The van der Waals surface area contributed by atoms with Gasteiger partial charge in [-0.05, 0) is 60.4 Å². The van der Waals surface area contributed by atoms with Gasteiger partial charge >= 0.3 is 0 Å². The quantitative estimate of drug-likeness (QED) is 0.501. The third kappa shape index (κ3) is 4.79. The summed E-state index contributed by atoms with van der Waals surface area (Å²) in [5.74, 6) is 1.39. The lowest BCUT2D eigenvalue weighted by Crippen LogP contribution is -2.27. The third-order valence-corrected chi connectivity index (χ3v) is 7.33. The molecule has 5 heteroatoms. The summed E-state index contributed by atoms with van der Waals surface area (Å²) in [5.41, 5.74) is 3.84. The van der Waals surface area contributed by atoms with Gasteiger partial charge in [0.05, 0.1) is 17.4 Å². The molecular formula is C29H35N3O2. The van der Waals surface area contributed by atoms with E-state index in [1.54, 1.807) is 6.07 Å². The van der Waals surface area contributed by atoms with Crippen LogP contribution >= 0.6 is 0 Å². The molecule has 2 aromatic carbocycles. The number of aromatic nitrogens is 2. The molecule has 2 saturated carbocycles. The van der Waals surface area contributed by atoms with E-state index in [1.165, 1.54) is 12.0 Å². The van der Waals surface area contributed by atoms with Gasteiger partial charge < -0.3 is 5.32 Å². The third-order valence-electron chi connectivity index (χ3n) is 7.33.